The summed E-state index contributed by atoms with van der Waals surface area (Å²) in [7, 11) is 0. The van der Waals surface area contributed by atoms with E-state index in [-0.39, 0.29) is 11.6 Å². The van der Waals surface area contributed by atoms with Crippen molar-refractivity contribution in [3.8, 4) is 0 Å². The maximum atomic E-state index is 11.3. The van der Waals surface area contributed by atoms with Gasteiger partial charge in [0.05, 0.1) is 0 Å². The van der Waals surface area contributed by atoms with Crippen molar-refractivity contribution in [2.45, 2.75) is 63.9 Å². The maximum Gasteiger partial charge on any atom is 0.303 e. The Balaban J connectivity index is 1.80. The average Bonchev–Trinajstić information content (AvgIpc) is 2.89. The predicted octanol–water partition coefficient (Wildman–Crippen LogP) is 3.30. The molecule has 3 rings (SSSR count). The second-order valence-electron chi connectivity index (χ2n) is 6.15. The highest BCUT2D eigenvalue weighted by Crippen LogP contribution is 2.56. The number of carbonyl (C=O) groups excluding carboxylic acids is 1. The molecule has 0 radical (unpaired) electrons. The van der Waals surface area contributed by atoms with E-state index < -0.39 is 0 Å². The van der Waals surface area contributed by atoms with Gasteiger partial charge in [-0.3, -0.25) is 4.79 Å². The molecule has 3 aliphatic carbocycles. The molecule has 0 aromatic carbocycles. The summed E-state index contributed by atoms with van der Waals surface area (Å²) in [6.07, 6.45) is 10.3. The summed E-state index contributed by atoms with van der Waals surface area (Å²) in [6, 6.07) is 0. The zero-order valence-electron chi connectivity index (χ0n) is 10.2. The van der Waals surface area contributed by atoms with E-state index in [4.69, 9.17) is 4.74 Å². The van der Waals surface area contributed by atoms with Gasteiger partial charge >= 0.3 is 5.97 Å². The first kappa shape index (κ1) is 10.6. The zero-order chi connectivity index (χ0) is 11.2. The molecular formula is C14H22O2. The Labute approximate surface area is 97.7 Å². The minimum atomic E-state index is -0.0651. The van der Waals surface area contributed by atoms with E-state index in [1.165, 1.54) is 38.5 Å². The fraction of sp³-hybridized carbons (Fsp3) is 0.929. The number of hydrogen-bond acceptors (Lipinski definition) is 2. The molecule has 3 aliphatic rings. The summed E-state index contributed by atoms with van der Waals surface area (Å²) in [4.78, 5) is 11.3. The monoisotopic (exact) mass is 222 g/mol. The Kier molecular flexibility index (Phi) is 2.49. The first-order valence-electron chi connectivity index (χ1n) is 6.89. The van der Waals surface area contributed by atoms with E-state index >= 15 is 0 Å². The van der Waals surface area contributed by atoms with Crippen LogP contribution in [0.5, 0.6) is 0 Å². The molecule has 2 heteroatoms. The van der Waals surface area contributed by atoms with Crippen LogP contribution in [-0.2, 0) is 9.53 Å². The quantitative estimate of drug-likeness (QED) is 0.670. The lowest BCUT2D eigenvalue weighted by molar-refractivity contribution is -0.165. The predicted molar refractivity (Wildman–Crippen MR) is 61.9 cm³/mol. The van der Waals surface area contributed by atoms with E-state index in [1.807, 2.05) is 0 Å². The number of ether oxygens (including phenoxy) is 1. The van der Waals surface area contributed by atoms with Gasteiger partial charge < -0.3 is 4.74 Å². The van der Waals surface area contributed by atoms with Crippen molar-refractivity contribution in [2.24, 2.45) is 17.8 Å². The molecule has 0 heterocycles. The van der Waals surface area contributed by atoms with E-state index in [0.717, 1.165) is 24.7 Å². The molecule has 0 aliphatic heterocycles. The molecule has 0 aromatic heterocycles. The van der Waals surface area contributed by atoms with Crippen molar-refractivity contribution in [1.29, 1.82) is 0 Å². The molecule has 16 heavy (non-hydrogen) atoms. The van der Waals surface area contributed by atoms with Crippen LogP contribution in [0, 0.1) is 17.8 Å². The lowest BCUT2D eigenvalue weighted by Crippen LogP contribution is -2.42. The third-order valence-corrected chi connectivity index (χ3v) is 5.21. The smallest absolute Gasteiger partial charge is 0.303 e. The van der Waals surface area contributed by atoms with Crippen molar-refractivity contribution in [2.75, 3.05) is 0 Å². The molecule has 3 saturated carbocycles. The Bertz CT molecular complexity index is 291. The van der Waals surface area contributed by atoms with Crippen LogP contribution < -0.4 is 0 Å². The van der Waals surface area contributed by atoms with E-state index in [1.54, 1.807) is 6.92 Å². The molecule has 0 saturated heterocycles. The normalized spacial score (nSPS) is 40.2. The van der Waals surface area contributed by atoms with Gasteiger partial charge in [0, 0.05) is 12.8 Å². The molecule has 2 nitrogen and oxygen atoms in total. The fourth-order valence-electron chi connectivity index (χ4n) is 4.70. The van der Waals surface area contributed by atoms with Crippen LogP contribution in [0.3, 0.4) is 0 Å². The second-order valence-corrected chi connectivity index (χ2v) is 6.15. The highest BCUT2D eigenvalue weighted by Gasteiger charge is 2.53. The molecular weight excluding hydrogens is 200 g/mol. The topological polar surface area (TPSA) is 26.3 Å². The molecule has 2 bridgehead atoms. The molecule has 3 unspecified atom stereocenters. The molecule has 0 amide bonds. The Morgan fingerprint density at radius 2 is 1.94 bits per heavy atom. The third-order valence-electron chi connectivity index (χ3n) is 5.21. The van der Waals surface area contributed by atoms with Gasteiger partial charge in [0.2, 0.25) is 0 Å². The Morgan fingerprint density at radius 1 is 1.19 bits per heavy atom. The van der Waals surface area contributed by atoms with Gasteiger partial charge in [-0.2, -0.15) is 0 Å². The Morgan fingerprint density at radius 3 is 2.44 bits per heavy atom. The largest absolute Gasteiger partial charge is 0.459 e. The van der Waals surface area contributed by atoms with Crippen LogP contribution in [0.1, 0.15) is 58.3 Å². The minimum Gasteiger partial charge on any atom is -0.459 e. The van der Waals surface area contributed by atoms with Crippen molar-refractivity contribution in [1.82, 2.24) is 0 Å². The summed E-state index contributed by atoms with van der Waals surface area (Å²) < 4.78 is 5.80. The van der Waals surface area contributed by atoms with Gasteiger partial charge in [0.15, 0.2) is 0 Å². The average molecular weight is 222 g/mol. The number of esters is 1. The van der Waals surface area contributed by atoms with Gasteiger partial charge in [-0.15, -0.1) is 0 Å². The van der Waals surface area contributed by atoms with Crippen LogP contribution in [0.2, 0.25) is 0 Å². The van der Waals surface area contributed by atoms with Crippen LogP contribution in [0.25, 0.3) is 0 Å². The van der Waals surface area contributed by atoms with E-state index in [9.17, 15) is 4.79 Å². The maximum absolute atomic E-state index is 11.3. The lowest BCUT2D eigenvalue weighted by Gasteiger charge is -2.39. The fourth-order valence-corrected chi connectivity index (χ4v) is 4.70. The van der Waals surface area contributed by atoms with Gasteiger partial charge in [-0.05, 0) is 56.8 Å². The number of fused-ring (bicyclic) bond motifs is 2. The second kappa shape index (κ2) is 3.75. The van der Waals surface area contributed by atoms with Crippen molar-refractivity contribution < 1.29 is 9.53 Å². The number of hydrogen-bond donors (Lipinski definition) is 0. The molecule has 0 N–H and O–H groups in total. The first-order valence-corrected chi connectivity index (χ1v) is 6.89. The van der Waals surface area contributed by atoms with Crippen LogP contribution in [-0.4, -0.2) is 11.6 Å². The van der Waals surface area contributed by atoms with Gasteiger partial charge in [0.1, 0.15) is 5.60 Å². The zero-order valence-corrected chi connectivity index (χ0v) is 10.2. The molecule has 0 spiro atoms. The summed E-state index contributed by atoms with van der Waals surface area (Å²) in [6.45, 7) is 1.58. The van der Waals surface area contributed by atoms with Gasteiger partial charge in [-0.1, -0.05) is 6.42 Å². The lowest BCUT2D eigenvalue weighted by atomic mass is 9.75. The highest BCUT2D eigenvalue weighted by molar-refractivity contribution is 5.66. The Hall–Kier alpha value is -0.530. The summed E-state index contributed by atoms with van der Waals surface area (Å²) in [5, 5.41) is 0. The van der Waals surface area contributed by atoms with E-state index in [0.29, 0.717) is 5.92 Å². The standard InChI is InChI=1S/C14H22O2/c1-10(15)16-14(6-2-3-7-14)13-9-11-4-5-12(13)8-11/h11-13H,2-9H2,1H3. The molecule has 0 aromatic rings. The first-order chi connectivity index (χ1) is 7.70. The van der Waals surface area contributed by atoms with Crippen LogP contribution in [0.4, 0.5) is 0 Å². The summed E-state index contributed by atoms with van der Waals surface area (Å²) >= 11 is 0. The SMILES string of the molecule is CC(=O)OC1(C2CC3CCC2C3)CCCC1. The number of rotatable bonds is 2. The van der Waals surface area contributed by atoms with Crippen LogP contribution >= 0.6 is 0 Å². The highest BCUT2D eigenvalue weighted by atomic mass is 16.6. The van der Waals surface area contributed by atoms with Gasteiger partial charge in [0.25, 0.3) is 0 Å². The molecule has 3 fully saturated rings. The van der Waals surface area contributed by atoms with E-state index in [2.05, 4.69) is 0 Å². The summed E-state index contributed by atoms with van der Waals surface area (Å²) in [5.41, 5.74) is -0.0499. The van der Waals surface area contributed by atoms with Gasteiger partial charge in [-0.25, -0.2) is 0 Å². The number of carbonyl (C=O) groups is 1. The van der Waals surface area contributed by atoms with Crippen molar-refractivity contribution >= 4 is 5.97 Å². The molecule has 90 valence electrons. The third kappa shape index (κ3) is 1.57. The van der Waals surface area contributed by atoms with Crippen LogP contribution in [0.15, 0.2) is 0 Å². The minimum absolute atomic E-state index is 0.0499. The van der Waals surface area contributed by atoms with Crippen molar-refractivity contribution in [3.05, 3.63) is 0 Å². The summed E-state index contributed by atoms with van der Waals surface area (Å²) in [5.74, 6) is 2.44. The van der Waals surface area contributed by atoms with Crippen molar-refractivity contribution in [3.63, 3.8) is 0 Å². The molecule has 3 atom stereocenters.